The van der Waals surface area contributed by atoms with Crippen LogP contribution in [-0.4, -0.2) is 48.7 Å². The molecule has 140 valence electrons. The van der Waals surface area contributed by atoms with E-state index < -0.39 is 0 Å². The van der Waals surface area contributed by atoms with Gasteiger partial charge in [-0.1, -0.05) is 6.07 Å². The number of hydrogen-bond acceptors (Lipinski definition) is 4. The first-order valence-corrected chi connectivity index (χ1v) is 9.74. The highest BCUT2D eigenvalue weighted by Crippen LogP contribution is 2.31. The van der Waals surface area contributed by atoms with Gasteiger partial charge in [0.15, 0.2) is 0 Å². The maximum atomic E-state index is 12.3. The van der Waals surface area contributed by atoms with E-state index >= 15 is 0 Å². The maximum Gasteiger partial charge on any atom is 0.136 e. The molecule has 0 amide bonds. The van der Waals surface area contributed by atoms with Crippen molar-refractivity contribution in [1.82, 2.24) is 9.47 Å². The van der Waals surface area contributed by atoms with Crippen molar-refractivity contribution in [3.63, 3.8) is 0 Å². The molecule has 1 saturated heterocycles. The van der Waals surface area contributed by atoms with E-state index in [-0.39, 0.29) is 5.92 Å². The van der Waals surface area contributed by atoms with Crippen molar-refractivity contribution in [1.29, 1.82) is 0 Å². The van der Waals surface area contributed by atoms with Gasteiger partial charge >= 0.3 is 0 Å². The first-order chi connectivity index (χ1) is 12.8. The molecule has 4 rings (SSSR count). The van der Waals surface area contributed by atoms with Gasteiger partial charge in [0.05, 0.1) is 12.6 Å². The molecule has 0 radical (unpaired) electrons. The predicted molar refractivity (Wildman–Crippen MR) is 102 cm³/mol. The topological polar surface area (TPSA) is 43.7 Å². The van der Waals surface area contributed by atoms with E-state index in [9.17, 15) is 4.79 Å². The first-order valence-electron chi connectivity index (χ1n) is 9.74. The van der Waals surface area contributed by atoms with Crippen LogP contribution in [0.2, 0.25) is 0 Å². The number of Topliss-reactive ketones (excluding diaryl/α,β-unsaturated/α-hetero) is 1. The van der Waals surface area contributed by atoms with Crippen LogP contribution in [0.1, 0.15) is 31.4 Å². The summed E-state index contributed by atoms with van der Waals surface area (Å²) in [6.07, 6.45) is 3.48. The molecule has 2 aliphatic heterocycles. The molecule has 0 aliphatic carbocycles. The van der Waals surface area contributed by atoms with E-state index in [2.05, 4.69) is 27.7 Å². The molecule has 5 nitrogen and oxygen atoms in total. The number of carbonyl (C=O) groups is 1. The molecule has 1 aromatic heterocycles. The van der Waals surface area contributed by atoms with Crippen LogP contribution in [0, 0.1) is 5.92 Å². The van der Waals surface area contributed by atoms with E-state index in [0.29, 0.717) is 12.2 Å². The maximum absolute atomic E-state index is 12.3. The van der Waals surface area contributed by atoms with Gasteiger partial charge in [0.1, 0.15) is 11.5 Å². The SMILES string of the molecule is COc1cccc2c1cc1n2CCN(CCCC(=O)C2CCOCC2)C1. The number of nitrogens with zero attached hydrogens (tertiary/aromatic N) is 2. The lowest BCUT2D eigenvalue weighted by Crippen LogP contribution is -2.34. The van der Waals surface area contributed by atoms with Crippen LogP contribution in [0.5, 0.6) is 5.75 Å². The largest absolute Gasteiger partial charge is 0.496 e. The molecular weight excluding hydrogens is 328 g/mol. The van der Waals surface area contributed by atoms with Crippen LogP contribution in [0.15, 0.2) is 24.3 Å². The zero-order valence-corrected chi connectivity index (χ0v) is 15.6. The van der Waals surface area contributed by atoms with Gasteiger partial charge in [-0.05, 0) is 44.0 Å². The molecule has 0 spiro atoms. The summed E-state index contributed by atoms with van der Waals surface area (Å²) < 4.78 is 13.3. The minimum Gasteiger partial charge on any atom is -0.496 e. The van der Waals surface area contributed by atoms with Gasteiger partial charge in [-0.2, -0.15) is 0 Å². The fraction of sp³-hybridized carbons (Fsp3) is 0.571. The zero-order chi connectivity index (χ0) is 17.9. The Balaban J connectivity index is 1.34. The summed E-state index contributed by atoms with van der Waals surface area (Å²) in [6.45, 7) is 5.48. The lowest BCUT2D eigenvalue weighted by atomic mass is 9.93. The minimum absolute atomic E-state index is 0.236. The van der Waals surface area contributed by atoms with Crippen molar-refractivity contribution in [3.05, 3.63) is 30.0 Å². The molecule has 0 bridgehead atoms. The van der Waals surface area contributed by atoms with Crippen LogP contribution >= 0.6 is 0 Å². The Morgan fingerprint density at radius 2 is 2.12 bits per heavy atom. The average Bonchev–Trinajstić information content (AvgIpc) is 3.06. The fourth-order valence-corrected chi connectivity index (χ4v) is 4.33. The van der Waals surface area contributed by atoms with Crippen LogP contribution in [0.25, 0.3) is 10.9 Å². The highest BCUT2D eigenvalue weighted by molar-refractivity contribution is 5.87. The lowest BCUT2D eigenvalue weighted by Gasteiger charge is -2.29. The number of aromatic nitrogens is 1. The normalized spacial score (nSPS) is 18.8. The monoisotopic (exact) mass is 356 g/mol. The van der Waals surface area contributed by atoms with Gasteiger partial charge in [0, 0.05) is 56.3 Å². The summed E-state index contributed by atoms with van der Waals surface area (Å²) >= 11 is 0. The summed E-state index contributed by atoms with van der Waals surface area (Å²) in [4.78, 5) is 14.8. The van der Waals surface area contributed by atoms with Crippen LogP contribution in [0.3, 0.4) is 0 Å². The van der Waals surface area contributed by atoms with Crippen molar-refractivity contribution < 1.29 is 14.3 Å². The summed E-state index contributed by atoms with van der Waals surface area (Å²) in [6, 6.07) is 8.51. The number of rotatable bonds is 6. The molecule has 0 unspecified atom stereocenters. The molecular formula is C21H28N2O3. The Bertz CT molecular complexity index is 777. The highest BCUT2D eigenvalue weighted by atomic mass is 16.5. The Labute approximate surface area is 154 Å². The minimum atomic E-state index is 0.236. The third-order valence-corrected chi connectivity index (χ3v) is 5.81. The van der Waals surface area contributed by atoms with E-state index in [0.717, 1.165) is 64.4 Å². The number of fused-ring (bicyclic) bond motifs is 3. The molecule has 3 heterocycles. The van der Waals surface area contributed by atoms with Gasteiger partial charge in [0.2, 0.25) is 0 Å². The van der Waals surface area contributed by atoms with Crippen LogP contribution in [-0.2, 0) is 22.6 Å². The number of hydrogen-bond donors (Lipinski definition) is 0. The van der Waals surface area contributed by atoms with Crippen molar-refractivity contribution in [2.45, 2.75) is 38.8 Å². The van der Waals surface area contributed by atoms with Gasteiger partial charge < -0.3 is 14.0 Å². The number of ketones is 1. The molecule has 0 atom stereocenters. The molecule has 0 saturated carbocycles. The summed E-state index contributed by atoms with van der Waals surface area (Å²) in [5.41, 5.74) is 2.60. The zero-order valence-electron chi connectivity index (χ0n) is 15.6. The Morgan fingerprint density at radius 1 is 1.27 bits per heavy atom. The number of ether oxygens (including phenoxy) is 2. The molecule has 2 aliphatic rings. The summed E-state index contributed by atoms with van der Waals surface area (Å²) in [5, 5.41) is 1.20. The highest BCUT2D eigenvalue weighted by Gasteiger charge is 2.23. The third-order valence-electron chi connectivity index (χ3n) is 5.81. The van der Waals surface area contributed by atoms with E-state index in [1.54, 1.807) is 7.11 Å². The van der Waals surface area contributed by atoms with Crippen molar-refractivity contribution in [2.75, 3.05) is 33.4 Å². The number of benzene rings is 1. The molecule has 0 N–H and O–H groups in total. The lowest BCUT2D eigenvalue weighted by molar-refractivity contribution is -0.125. The quantitative estimate of drug-likeness (QED) is 0.797. The molecule has 2 aromatic rings. The van der Waals surface area contributed by atoms with Gasteiger partial charge in [0.25, 0.3) is 0 Å². The van der Waals surface area contributed by atoms with Gasteiger partial charge in [-0.25, -0.2) is 0 Å². The first kappa shape index (κ1) is 17.6. The summed E-state index contributed by atoms with van der Waals surface area (Å²) in [5.74, 6) is 1.61. The standard InChI is InChI=1S/C21H28N2O3/c1-25-21-6-2-4-19-18(21)14-17-15-22(10-11-23(17)19)9-3-5-20(24)16-7-12-26-13-8-16/h2,4,6,14,16H,3,5,7-13,15H2,1H3. The molecule has 26 heavy (non-hydrogen) atoms. The molecule has 1 fully saturated rings. The van der Waals surface area contributed by atoms with E-state index in [1.165, 1.54) is 16.6 Å². The van der Waals surface area contributed by atoms with Crippen LogP contribution in [0.4, 0.5) is 0 Å². The third kappa shape index (κ3) is 3.51. The summed E-state index contributed by atoms with van der Waals surface area (Å²) in [7, 11) is 1.73. The van der Waals surface area contributed by atoms with E-state index in [1.807, 2.05) is 6.07 Å². The number of carbonyl (C=O) groups excluding carboxylic acids is 1. The van der Waals surface area contributed by atoms with Crippen molar-refractivity contribution in [2.24, 2.45) is 5.92 Å². The van der Waals surface area contributed by atoms with Crippen LogP contribution < -0.4 is 4.74 Å². The average molecular weight is 356 g/mol. The number of methoxy groups -OCH3 is 1. The second-order valence-corrected chi connectivity index (χ2v) is 7.41. The molecule has 1 aromatic carbocycles. The van der Waals surface area contributed by atoms with E-state index in [4.69, 9.17) is 9.47 Å². The smallest absolute Gasteiger partial charge is 0.136 e. The Hall–Kier alpha value is -1.85. The Kier molecular flexibility index (Phi) is 5.27. The van der Waals surface area contributed by atoms with Crippen molar-refractivity contribution in [3.8, 4) is 5.75 Å². The molecule has 5 heteroatoms. The second kappa shape index (κ2) is 7.80. The predicted octanol–water partition coefficient (Wildman–Crippen LogP) is 3.24. The van der Waals surface area contributed by atoms with Crippen molar-refractivity contribution >= 4 is 16.7 Å². The van der Waals surface area contributed by atoms with Gasteiger partial charge in [-0.3, -0.25) is 9.69 Å². The Morgan fingerprint density at radius 3 is 2.92 bits per heavy atom. The fourth-order valence-electron chi connectivity index (χ4n) is 4.33. The van der Waals surface area contributed by atoms with Gasteiger partial charge in [-0.15, -0.1) is 0 Å². The second-order valence-electron chi connectivity index (χ2n) is 7.41.